The zero-order chi connectivity index (χ0) is 26.8. The fraction of sp³-hybridized carbons (Fsp3) is 0.667. The first-order valence-electron chi connectivity index (χ1n) is 14.3. The lowest BCUT2D eigenvalue weighted by Gasteiger charge is -2.32. The van der Waals surface area contributed by atoms with Crippen LogP contribution in [-0.4, -0.2) is 38.1 Å². The average molecular weight is 498 g/mol. The fourth-order valence-corrected chi connectivity index (χ4v) is 4.80. The molecule has 1 rings (SSSR count). The van der Waals surface area contributed by atoms with Crippen molar-refractivity contribution in [2.75, 3.05) is 27.2 Å². The minimum atomic E-state index is -0.0807. The van der Waals surface area contributed by atoms with Crippen LogP contribution < -0.4 is 0 Å². The minimum Gasteiger partial charge on any atom is -0.461 e. The van der Waals surface area contributed by atoms with Crippen LogP contribution in [0.25, 0.3) is 0 Å². The van der Waals surface area contributed by atoms with Crippen molar-refractivity contribution in [3.05, 3.63) is 58.7 Å². The molecule has 0 unspecified atom stereocenters. The second-order valence-corrected chi connectivity index (χ2v) is 11.5. The number of nitrogens with zero attached hydrogens (tertiary/aromatic N) is 1. The maximum atomic E-state index is 12.0. The molecule has 1 aliphatic rings. The van der Waals surface area contributed by atoms with Gasteiger partial charge in [-0.1, -0.05) is 99.5 Å². The highest BCUT2D eigenvalue weighted by Crippen LogP contribution is 2.40. The molecule has 0 fully saturated rings. The summed E-state index contributed by atoms with van der Waals surface area (Å²) in [5, 5.41) is 0. The van der Waals surface area contributed by atoms with Crippen molar-refractivity contribution in [3.8, 4) is 0 Å². The lowest BCUT2D eigenvalue weighted by Crippen LogP contribution is -2.19. The topological polar surface area (TPSA) is 29.5 Å². The third-order valence-electron chi connectivity index (χ3n) is 7.16. The van der Waals surface area contributed by atoms with E-state index in [1.54, 1.807) is 0 Å². The second-order valence-electron chi connectivity index (χ2n) is 11.5. The largest absolute Gasteiger partial charge is 0.461 e. The van der Waals surface area contributed by atoms with Crippen LogP contribution in [0.2, 0.25) is 0 Å². The highest BCUT2D eigenvalue weighted by atomic mass is 16.5. The summed E-state index contributed by atoms with van der Waals surface area (Å²) in [5.41, 5.74) is 5.64. The summed E-state index contributed by atoms with van der Waals surface area (Å²) in [6.07, 6.45) is 26.9. The molecular formula is C33H55NO2. The Balaban J connectivity index is 2.20. The predicted octanol–water partition coefficient (Wildman–Crippen LogP) is 9.13. The van der Waals surface area contributed by atoms with Crippen molar-refractivity contribution in [3.63, 3.8) is 0 Å². The lowest BCUT2D eigenvalue weighted by atomic mass is 9.72. The SMILES string of the molecule is CC1=C(/C=C/C(C)=C/C=C/C(C)=C/COC(=O)CCCCCCCCCCN(C)C)C(C)(C)CCC1. The van der Waals surface area contributed by atoms with E-state index in [0.717, 1.165) is 18.4 Å². The average Bonchev–Trinajstić information content (AvgIpc) is 2.79. The van der Waals surface area contributed by atoms with E-state index in [2.05, 4.69) is 77.1 Å². The number of hydrogen-bond donors (Lipinski definition) is 0. The van der Waals surface area contributed by atoms with Gasteiger partial charge < -0.3 is 9.64 Å². The molecule has 0 spiro atoms. The third kappa shape index (κ3) is 15.3. The molecule has 0 aliphatic heterocycles. The van der Waals surface area contributed by atoms with Crippen LogP contribution in [-0.2, 0) is 9.53 Å². The number of rotatable bonds is 17. The number of esters is 1. The standard InChI is InChI=1S/C33H55NO2/c1-28(22-23-31-30(3)20-17-25-33(31,4)5)18-16-19-29(2)24-27-36-32(35)21-14-12-10-8-9-11-13-15-26-34(6)7/h16,18-19,22-24H,8-15,17,20-21,25-27H2,1-7H3/b19-16+,23-22+,28-18+,29-24+. The molecule has 0 saturated heterocycles. The molecule has 0 saturated carbocycles. The van der Waals surface area contributed by atoms with Gasteiger partial charge >= 0.3 is 5.97 Å². The maximum Gasteiger partial charge on any atom is 0.306 e. The molecule has 0 heterocycles. The molecule has 3 nitrogen and oxygen atoms in total. The third-order valence-corrected chi connectivity index (χ3v) is 7.16. The van der Waals surface area contributed by atoms with Gasteiger partial charge in [0.2, 0.25) is 0 Å². The number of hydrogen-bond acceptors (Lipinski definition) is 3. The Morgan fingerprint density at radius 3 is 2.22 bits per heavy atom. The molecule has 0 amide bonds. The summed E-state index contributed by atoms with van der Waals surface area (Å²) in [4.78, 5) is 14.2. The summed E-state index contributed by atoms with van der Waals surface area (Å²) < 4.78 is 5.38. The number of allylic oxidation sites excluding steroid dienone is 9. The zero-order valence-corrected chi connectivity index (χ0v) is 24.6. The first kappa shape index (κ1) is 32.2. The maximum absolute atomic E-state index is 12.0. The van der Waals surface area contributed by atoms with Gasteiger partial charge in [0, 0.05) is 6.42 Å². The Bertz CT molecular complexity index is 793. The van der Waals surface area contributed by atoms with E-state index in [9.17, 15) is 4.79 Å². The number of ether oxygens (including phenoxy) is 1. The van der Waals surface area contributed by atoms with Crippen LogP contribution in [0.1, 0.15) is 112 Å². The summed E-state index contributed by atoms with van der Waals surface area (Å²) >= 11 is 0. The van der Waals surface area contributed by atoms with E-state index in [4.69, 9.17) is 4.74 Å². The van der Waals surface area contributed by atoms with Gasteiger partial charge in [0.05, 0.1) is 0 Å². The van der Waals surface area contributed by atoms with Gasteiger partial charge in [-0.15, -0.1) is 0 Å². The van der Waals surface area contributed by atoms with Gasteiger partial charge in [0.25, 0.3) is 0 Å². The number of carbonyl (C=O) groups is 1. The molecule has 0 bridgehead atoms. The molecule has 0 aromatic carbocycles. The molecule has 1 aliphatic carbocycles. The molecule has 0 atom stereocenters. The summed E-state index contributed by atoms with van der Waals surface area (Å²) in [7, 11) is 4.27. The van der Waals surface area contributed by atoms with Gasteiger partial charge in [0.1, 0.15) is 6.61 Å². The Labute approximate surface area is 223 Å². The highest BCUT2D eigenvalue weighted by Gasteiger charge is 2.26. The van der Waals surface area contributed by atoms with Crippen LogP contribution in [0, 0.1) is 5.41 Å². The van der Waals surface area contributed by atoms with Crippen molar-refractivity contribution < 1.29 is 9.53 Å². The number of unbranched alkanes of at least 4 members (excludes halogenated alkanes) is 7. The fourth-order valence-electron chi connectivity index (χ4n) is 4.80. The zero-order valence-electron chi connectivity index (χ0n) is 24.6. The van der Waals surface area contributed by atoms with Crippen molar-refractivity contribution in [1.82, 2.24) is 4.90 Å². The van der Waals surface area contributed by atoms with E-state index >= 15 is 0 Å². The first-order chi connectivity index (χ1) is 17.1. The molecule has 0 aromatic rings. The Morgan fingerprint density at radius 2 is 1.58 bits per heavy atom. The van der Waals surface area contributed by atoms with Crippen molar-refractivity contribution >= 4 is 5.97 Å². The van der Waals surface area contributed by atoms with E-state index in [0.29, 0.717) is 13.0 Å². The van der Waals surface area contributed by atoms with Gasteiger partial charge in [-0.2, -0.15) is 0 Å². The Hall–Kier alpha value is -1.87. The van der Waals surface area contributed by atoms with Crippen molar-refractivity contribution in [2.24, 2.45) is 5.41 Å². The molecule has 36 heavy (non-hydrogen) atoms. The van der Waals surface area contributed by atoms with Crippen molar-refractivity contribution in [2.45, 2.75) is 112 Å². The molecule has 0 N–H and O–H groups in total. The molecule has 0 radical (unpaired) electrons. The van der Waals surface area contributed by atoms with Crippen LogP contribution in [0.4, 0.5) is 0 Å². The number of carbonyl (C=O) groups excluding carboxylic acids is 1. The Kier molecular flexibility index (Phi) is 16.4. The molecule has 3 heteroatoms. The summed E-state index contributed by atoms with van der Waals surface area (Å²) in [6.45, 7) is 12.7. The molecule has 0 aromatic heterocycles. The van der Waals surface area contributed by atoms with Crippen molar-refractivity contribution in [1.29, 1.82) is 0 Å². The second kappa shape index (κ2) is 18.4. The minimum absolute atomic E-state index is 0.0807. The van der Waals surface area contributed by atoms with Crippen LogP contribution in [0.15, 0.2) is 58.7 Å². The monoisotopic (exact) mass is 497 g/mol. The molecule has 204 valence electrons. The predicted molar refractivity (Wildman–Crippen MR) is 157 cm³/mol. The normalized spacial score (nSPS) is 17.1. The highest BCUT2D eigenvalue weighted by molar-refractivity contribution is 5.69. The van der Waals surface area contributed by atoms with Gasteiger partial charge in [0.15, 0.2) is 0 Å². The van der Waals surface area contributed by atoms with Gasteiger partial charge in [-0.05, 0) is 90.6 Å². The summed E-state index contributed by atoms with van der Waals surface area (Å²) in [5.74, 6) is -0.0807. The molecular weight excluding hydrogens is 442 g/mol. The smallest absolute Gasteiger partial charge is 0.306 e. The first-order valence-corrected chi connectivity index (χ1v) is 14.3. The van der Waals surface area contributed by atoms with E-state index < -0.39 is 0 Å². The van der Waals surface area contributed by atoms with Crippen LogP contribution in [0.3, 0.4) is 0 Å². The van der Waals surface area contributed by atoms with E-state index in [1.807, 2.05) is 13.0 Å². The van der Waals surface area contributed by atoms with Gasteiger partial charge in [-0.3, -0.25) is 4.79 Å². The van der Waals surface area contributed by atoms with E-state index in [-0.39, 0.29) is 11.4 Å². The van der Waals surface area contributed by atoms with Gasteiger partial charge in [-0.25, -0.2) is 0 Å². The van der Waals surface area contributed by atoms with Crippen LogP contribution >= 0.6 is 0 Å². The lowest BCUT2D eigenvalue weighted by molar-refractivity contribution is -0.142. The summed E-state index contributed by atoms with van der Waals surface area (Å²) in [6, 6.07) is 0. The van der Waals surface area contributed by atoms with Crippen LogP contribution in [0.5, 0.6) is 0 Å². The Morgan fingerprint density at radius 1 is 0.944 bits per heavy atom. The quantitative estimate of drug-likeness (QED) is 0.114. The van der Waals surface area contributed by atoms with E-state index in [1.165, 1.54) is 81.1 Å².